The SMILES string of the molecule is CCOc1ccc(/C=C/C(=O)Nc2ccc(NC(C)C)nc2)cc1. The lowest BCUT2D eigenvalue weighted by Gasteiger charge is -2.09. The smallest absolute Gasteiger partial charge is 0.248 e. The minimum atomic E-state index is -0.199. The number of rotatable bonds is 7. The van der Waals surface area contributed by atoms with Crippen molar-refractivity contribution >= 4 is 23.5 Å². The molecule has 1 heterocycles. The molecule has 2 aromatic rings. The standard InChI is InChI=1S/C19H23N3O2/c1-4-24-17-9-5-15(6-10-17)7-12-19(23)22-16-8-11-18(20-13-16)21-14(2)3/h5-14H,4H2,1-3H3,(H,20,21)(H,22,23)/b12-7+. The number of anilines is 2. The molecule has 2 rings (SSSR count). The molecule has 0 saturated carbocycles. The van der Waals surface area contributed by atoms with Crippen LogP contribution in [0.25, 0.3) is 6.08 Å². The molecule has 0 aliphatic carbocycles. The number of hydrogen-bond donors (Lipinski definition) is 2. The highest BCUT2D eigenvalue weighted by atomic mass is 16.5. The number of benzene rings is 1. The zero-order valence-corrected chi connectivity index (χ0v) is 14.2. The van der Waals surface area contributed by atoms with Gasteiger partial charge in [0.1, 0.15) is 11.6 Å². The van der Waals surface area contributed by atoms with Crippen molar-refractivity contribution in [3.63, 3.8) is 0 Å². The van der Waals surface area contributed by atoms with E-state index in [1.165, 1.54) is 6.08 Å². The van der Waals surface area contributed by atoms with Crippen LogP contribution in [0.15, 0.2) is 48.7 Å². The average Bonchev–Trinajstić information content (AvgIpc) is 2.56. The minimum absolute atomic E-state index is 0.199. The van der Waals surface area contributed by atoms with Crippen molar-refractivity contribution in [3.05, 3.63) is 54.2 Å². The number of carbonyl (C=O) groups is 1. The van der Waals surface area contributed by atoms with Crippen molar-refractivity contribution in [2.24, 2.45) is 0 Å². The highest BCUT2D eigenvalue weighted by molar-refractivity contribution is 6.01. The molecule has 2 N–H and O–H groups in total. The first-order chi connectivity index (χ1) is 11.6. The molecule has 0 unspecified atom stereocenters. The number of aromatic nitrogens is 1. The Bertz CT molecular complexity index is 677. The molecule has 0 aliphatic rings. The van der Waals surface area contributed by atoms with Crippen LogP contribution >= 0.6 is 0 Å². The molecule has 0 saturated heterocycles. The summed E-state index contributed by atoms with van der Waals surface area (Å²) in [4.78, 5) is 16.2. The van der Waals surface area contributed by atoms with E-state index in [2.05, 4.69) is 15.6 Å². The maximum absolute atomic E-state index is 12.0. The van der Waals surface area contributed by atoms with Gasteiger partial charge < -0.3 is 15.4 Å². The van der Waals surface area contributed by atoms with E-state index >= 15 is 0 Å². The van der Waals surface area contributed by atoms with Gasteiger partial charge >= 0.3 is 0 Å². The molecular formula is C19H23N3O2. The van der Waals surface area contributed by atoms with Crippen LogP contribution in [0, 0.1) is 0 Å². The minimum Gasteiger partial charge on any atom is -0.494 e. The van der Waals surface area contributed by atoms with Crippen LogP contribution in [-0.2, 0) is 4.79 Å². The summed E-state index contributed by atoms with van der Waals surface area (Å²) in [6.45, 7) is 6.67. The summed E-state index contributed by atoms with van der Waals surface area (Å²) in [5.41, 5.74) is 1.59. The maximum Gasteiger partial charge on any atom is 0.248 e. The molecule has 24 heavy (non-hydrogen) atoms. The van der Waals surface area contributed by atoms with Crippen molar-refractivity contribution in [1.82, 2.24) is 4.98 Å². The van der Waals surface area contributed by atoms with E-state index in [1.54, 1.807) is 12.3 Å². The zero-order chi connectivity index (χ0) is 17.4. The molecule has 0 bridgehead atoms. The van der Waals surface area contributed by atoms with Gasteiger partial charge in [-0.1, -0.05) is 12.1 Å². The quantitative estimate of drug-likeness (QED) is 0.757. The fraction of sp³-hybridized carbons (Fsp3) is 0.263. The highest BCUT2D eigenvalue weighted by Gasteiger charge is 2.00. The van der Waals surface area contributed by atoms with E-state index in [9.17, 15) is 4.79 Å². The van der Waals surface area contributed by atoms with E-state index in [-0.39, 0.29) is 5.91 Å². The van der Waals surface area contributed by atoms with Gasteiger partial charge in [-0.15, -0.1) is 0 Å². The fourth-order valence-corrected chi connectivity index (χ4v) is 2.05. The van der Waals surface area contributed by atoms with E-state index in [0.717, 1.165) is 17.1 Å². The van der Waals surface area contributed by atoms with Gasteiger partial charge in [0.15, 0.2) is 0 Å². The molecule has 0 fully saturated rings. The first kappa shape index (κ1) is 17.5. The Morgan fingerprint density at radius 1 is 1.21 bits per heavy atom. The summed E-state index contributed by atoms with van der Waals surface area (Å²) in [6.07, 6.45) is 4.89. The Balaban J connectivity index is 1.90. The third kappa shape index (κ3) is 5.76. The third-order valence-electron chi connectivity index (χ3n) is 3.09. The topological polar surface area (TPSA) is 63.2 Å². The molecule has 5 heteroatoms. The Morgan fingerprint density at radius 3 is 2.54 bits per heavy atom. The summed E-state index contributed by atoms with van der Waals surface area (Å²) in [5.74, 6) is 1.41. The third-order valence-corrected chi connectivity index (χ3v) is 3.09. The molecule has 0 radical (unpaired) electrons. The normalized spacial score (nSPS) is 10.8. The van der Waals surface area contributed by atoms with E-state index in [4.69, 9.17) is 4.74 Å². The second kappa shape index (κ2) is 8.72. The lowest BCUT2D eigenvalue weighted by Crippen LogP contribution is -2.12. The van der Waals surface area contributed by atoms with Gasteiger partial charge in [0, 0.05) is 12.1 Å². The van der Waals surface area contributed by atoms with Crippen LogP contribution in [0.4, 0.5) is 11.5 Å². The van der Waals surface area contributed by atoms with Crippen molar-refractivity contribution in [2.45, 2.75) is 26.8 Å². The first-order valence-electron chi connectivity index (χ1n) is 8.01. The van der Waals surface area contributed by atoms with Gasteiger partial charge in [-0.3, -0.25) is 4.79 Å². The molecule has 0 aliphatic heterocycles. The first-order valence-corrected chi connectivity index (χ1v) is 8.01. The number of pyridine rings is 1. The van der Waals surface area contributed by atoms with Crippen LogP contribution in [0.5, 0.6) is 5.75 Å². The summed E-state index contributed by atoms with van der Waals surface area (Å²) < 4.78 is 5.38. The fourth-order valence-electron chi connectivity index (χ4n) is 2.05. The lowest BCUT2D eigenvalue weighted by atomic mass is 10.2. The molecule has 5 nitrogen and oxygen atoms in total. The predicted molar refractivity (Wildman–Crippen MR) is 98.3 cm³/mol. The van der Waals surface area contributed by atoms with E-state index < -0.39 is 0 Å². The van der Waals surface area contributed by atoms with Gasteiger partial charge in [-0.2, -0.15) is 0 Å². The van der Waals surface area contributed by atoms with Gasteiger partial charge in [-0.25, -0.2) is 4.98 Å². The highest BCUT2D eigenvalue weighted by Crippen LogP contribution is 2.14. The molecule has 1 amide bonds. The van der Waals surface area contributed by atoms with Crippen LogP contribution in [0.3, 0.4) is 0 Å². The zero-order valence-electron chi connectivity index (χ0n) is 14.2. The lowest BCUT2D eigenvalue weighted by molar-refractivity contribution is -0.111. The van der Waals surface area contributed by atoms with E-state index in [1.807, 2.05) is 57.2 Å². The number of amides is 1. The number of nitrogens with one attached hydrogen (secondary N) is 2. The Hall–Kier alpha value is -2.82. The summed E-state index contributed by atoms with van der Waals surface area (Å²) in [6, 6.07) is 11.5. The number of ether oxygens (including phenoxy) is 1. The van der Waals surface area contributed by atoms with Crippen LogP contribution in [-0.4, -0.2) is 23.5 Å². The van der Waals surface area contributed by atoms with Gasteiger partial charge in [-0.05, 0) is 56.7 Å². The molecule has 0 atom stereocenters. The maximum atomic E-state index is 12.0. The molecule has 1 aromatic heterocycles. The summed E-state index contributed by atoms with van der Waals surface area (Å²) in [5, 5.41) is 5.98. The van der Waals surface area contributed by atoms with Gasteiger partial charge in [0.2, 0.25) is 5.91 Å². The Morgan fingerprint density at radius 2 is 1.96 bits per heavy atom. The Labute approximate surface area is 142 Å². The van der Waals surface area contributed by atoms with Crippen molar-refractivity contribution < 1.29 is 9.53 Å². The number of nitrogens with zero attached hydrogens (tertiary/aromatic N) is 1. The predicted octanol–water partition coefficient (Wildman–Crippen LogP) is 3.95. The van der Waals surface area contributed by atoms with Crippen LogP contribution in [0.2, 0.25) is 0 Å². The Kier molecular flexibility index (Phi) is 6.37. The molecule has 0 spiro atoms. The van der Waals surface area contributed by atoms with Gasteiger partial charge in [0.25, 0.3) is 0 Å². The van der Waals surface area contributed by atoms with Crippen LogP contribution < -0.4 is 15.4 Å². The number of hydrogen-bond acceptors (Lipinski definition) is 4. The number of carbonyl (C=O) groups excluding carboxylic acids is 1. The van der Waals surface area contributed by atoms with Crippen molar-refractivity contribution in [3.8, 4) is 5.75 Å². The molecule has 1 aromatic carbocycles. The van der Waals surface area contributed by atoms with E-state index in [0.29, 0.717) is 18.3 Å². The second-order valence-electron chi connectivity index (χ2n) is 5.56. The largest absolute Gasteiger partial charge is 0.494 e. The van der Waals surface area contributed by atoms with Crippen molar-refractivity contribution in [1.29, 1.82) is 0 Å². The second-order valence-corrected chi connectivity index (χ2v) is 5.56. The van der Waals surface area contributed by atoms with Gasteiger partial charge in [0.05, 0.1) is 18.5 Å². The monoisotopic (exact) mass is 325 g/mol. The molecular weight excluding hydrogens is 302 g/mol. The summed E-state index contributed by atoms with van der Waals surface area (Å²) >= 11 is 0. The van der Waals surface area contributed by atoms with Crippen molar-refractivity contribution in [2.75, 3.05) is 17.2 Å². The summed E-state index contributed by atoms with van der Waals surface area (Å²) in [7, 11) is 0. The van der Waals surface area contributed by atoms with Crippen LogP contribution in [0.1, 0.15) is 26.3 Å². The molecule has 126 valence electrons. The average molecular weight is 325 g/mol.